The van der Waals surface area contributed by atoms with Crippen LogP contribution in [0, 0.1) is 12.5 Å². The number of terminal acetylenes is 1. The Labute approximate surface area is 104 Å². The molecule has 0 N–H and O–H groups in total. The van der Waals surface area contributed by atoms with Gasteiger partial charge in [0.1, 0.15) is 12.7 Å². The van der Waals surface area contributed by atoms with Crippen LogP contribution in [-0.4, -0.2) is 25.1 Å². The lowest BCUT2D eigenvalue weighted by molar-refractivity contribution is -0.170. The van der Waals surface area contributed by atoms with Crippen molar-refractivity contribution < 1.29 is 14.2 Å². The van der Waals surface area contributed by atoms with Crippen molar-refractivity contribution in [3.63, 3.8) is 0 Å². The van der Waals surface area contributed by atoms with Crippen LogP contribution in [0.4, 0.5) is 0 Å². The maximum absolute atomic E-state index is 5.82. The zero-order chi connectivity index (χ0) is 11.9. The minimum atomic E-state index is -0.385. The summed E-state index contributed by atoms with van der Waals surface area (Å²) in [6.45, 7) is 0.464. The van der Waals surface area contributed by atoms with Crippen LogP contribution >= 0.6 is 0 Å². The van der Waals surface area contributed by atoms with Gasteiger partial charge in [0.25, 0.3) is 0 Å². The smallest absolute Gasteiger partial charge is 0.234 e. The predicted molar refractivity (Wildman–Crippen MR) is 65.3 cm³/mol. The molecule has 0 bridgehead atoms. The third-order valence-electron chi connectivity index (χ3n) is 3.62. The molecule has 0 radical (unpaired) electrons. The van der Waals surface area contributed by atoms with E-state index in [-0.39, 0.29) is 6.29 Å². The third kappa shape index (κ3) is 4.22. The summed E-state index contributed by atoms with van der Waals surface area (Å²) < 4.78 is 16.7. The van der Waals surface area contributed by atoms with Gasteiger partial charge in [0.15, 0.2) is 0 Å². The molecule has 2 rings (SSSR count). The second-order valence-corrected chi connectivity index (χ2v) is 4.95. The maximum Gasteiger partial charge on any atom is 0.234 e. The molecule has 1 atom stereocenters. The normalized spacial score (nSPS) is 23.7. The van der Waals surface area contributed by atoms with Crippen molar-refractivity contribution >= 4 is 0 Å². The highest BCUT2D eigenvalue weighted by molar-refractivity contribution is 4.73. The molecule has 2 saturated carbocycles. The number of ether oxygens (including phenoxy) is 3. The summed E-state index contributed by atoms with van der Waals surface area (Å²) in [5, 5.41) is 0. The Bertz CT molecular complexity index is 247. The molecule has 0 aliphatic heterocycles. The van der Waals surface area contributed by atoms with Crippen molar-refractivity contribution in [1.29, 1.82) is 0 Å². The highest BCUT2D eigenvalue weighted by Crippen LogP contribution is 2.24. The Morgan fingerprint density at radius 2 is 1.59 bits per heavy atom. The molecule has 0 heterocycles. The van der Waals surface area contributed by atoms with Gasteiger partial charge >= 0.3 is 0 Å². The third-order valence-corrected chi connectivity index (χ3v) is 3.62. The first kappa shape index (κ1) is 12.7. The van der Waals surface area contributed by atoms with Gasteiger partial charge in [-0.05, 0) is 25.7 Å². The van der Waals surface area contributed by atoms with E-state index in [4.69, 9.17) is 20.6 Å². The van der Waals surface area contributed by atoms with E-state index in [1.807, 2.05) is 0 Å². The topological polar surface area (TPSA) is 27.7 Å². The number of hydrogen-bond acceptors (Lipinski definition) is 3. The van der Waals surface area contributed by atoms with Crippen molar-refractivity contribution in [2.75, 3.05) is 6.61 Å². The van der Waals surface area contributed by atoms with Crippen LogP contribution in [0.5, 0.6) is 0 Å². The van der Waals surface area contributed by atoms with Crippen molar-refractivity contribution in [1.82, 2.24) is 0 Å². The lowest BCUT2D eigenvalue weighted by atomic mass is 10.3. The molecule has 3 nitrogen and oxygen atoms in total. The lowest BCUT2D eigenvalue weighted by Gasteiger charge is -2.21. The van der Waals surface area contributed by atoms with Gasteiger partial charge in [0, 0.05) is 0 Å². The Morgan fingerprint density at radius 1 is 1.00 bits per heavy atom. The second kappa shape index (κ2) is 6.88. The van der Waals surface area contributed by atoms with E-state index in [9.17, 15) is 0 Å². The fourth-order valence-corrected chi connectivity index (χ4v) is 2.69. The predicted octanol–water partition coefficient (Wildman–Crippen LogP) is 2.84. The standard InChI is InChI=1S/C14H22O3/c1-2-15-14(17-13-9-5-6-10-13)11-16-12-7-3-4-8-12/h1,12-14H,3-11H2. The van der Waals surface area contributed by atoms with Crippen molar-refractivity contribution in [3.05, 3.63) is 0 Å². The lowest BCUT2D eigenvalue weighted by Crippen LogP contribution is -2.28. The minimum Gasteiger partial charge on any atom is -0.412 e. The molecule has 1 unspecified atom stereocenters. The molecule has 0 amide bonds. The minimum absolute atomic E-state index is 0.306. The van der Waals surface area contributed by atoms with Gasteiger partial charge in [-0.1, -0.05) is 32.1 Å². The Kier molecular flexibility index (Phi) is 5.15. The monoisotopic (exact) mass is 238 g/mol. The summed E-state index contributed by atoms with van der Waals surface area (Å²) in [5.41, 5.74) is 0. The Hall–Kier alpha value is -0.720. The molecule has 3 heteroatoms. The highest BCUT2D eigenvalue weighted by Gasteiger charge is 2.23. The molecular weight excluding hydrogens is 216 g/mol. The van der Waals surface area contributed by atoms with E-state index in [0.29, 0.717) is 18.8 Å². The molecule has 0 aromatic carbocycles. The molecule has 96 valence electrons. The van der Waals surface area contributed by atoms with Gasteiger partial charge in [-0.3, -0.25) is 0 Å². The first-order chi connectivity index (χ1) is 8.38. The van der Waals surface area contributed by atoms with Crippen molar-refractivity contribution in [2.45, 2.75) is 69.9 Å². The van der Waals surface area contributed by atoms with E-state index >= 15 is 0 Å². The fraction of sp³-hybridized carbons (Fsp3) is 0.857. The first-order valence-corrected chi connectivity index (χ1v) is 6.77. The SMILES string of the molecule is C#COC(COC1CCCC1)OC1CCCC1. The van der Waals surface area contributed by atoms with Crippen LogP contribution in [0.2, 0.25) is 0 Å². The molecule has 2 fully saturated rings. The van der Waals surface area contributed by atoms with E-state index in [1.54, 1.807) is 0 Å². The molecule has 0 aromatic heterocycles. The van der Waals surface area contributed by atoms with Crippen LogP contribution in [0.1, 0.15) is 51.4 Å². The van der Waals surface area contributed by atoms with Gasteiger partial charge < -0.3 is 14.2 Å². The summed E-state index contributed by atoms with van der Waals surface area (Å²) >= 11 is 0. The van der Waals surface area contributed by atoms with Crippen molar-refractivity contribution in [2.24, 2.45) is 0 Å². The Balaban J connectivity index is 1.69. The van der Waals surface area contributed by atoms with E-state index in [2.05, 4.69) is 6.11 Å². The average Bonchev–Trinajstić information content (AvgIpc) is 2.99. The molecular formula is C14H22O3. The van der Waals surface area contributed by atoms with E-state index in [0.717, 1.165) is 25.7 Å². The van der Waals surface area contributed by atoms with Crippen LogP contribution in [0.25, 0.3) is 0 Å². The average molecular weight is 238 g/mol. The maximum atomic E-state index is 5.82. The van der Waals surface area contributed by atoms with Crippen LogP contribution in [0.15, 0.2) is 0 Å². The van der Waals surface area contributed by atoms with Crippen LogP contribution in [0.3, 0.4) is 0 Å². The van der Waals surface area contributed by atoms with Crippen LogP contribution < -0.4 is 0 Å². The molecule has 0 aromatic rings. The first-order valence-electron chi connectivity index (χ1n) is 6.77. The van der Waals surface area contributed by atoms with Crippen molar-refractivity contribution in [3.8, 4) is 12.5 Å². The summed E-state index contributed by atoms with van der Waals surface area (Å²) in [4.78, 5) is 0. The van der Waals surface area contributed by atoms with E-state index < -0.39 is 0 Å². The quantitative estimate of drug-likeness (QED) is 0.526. The summed E-state index contributed by atoms with van der Waals surface area (Å²) in [5.74, 6) is 0. The summed E-state index contributed by atoms with van der Waals surface area (Å²) in [6.07, 6.45) is 17.3. The Morgan fingerprint density at radius 3 is 2.18 bits per heavy atom. The van der Waals surface area contributed by atoms with Crippen LogP contribution in [-0.2, 0) is 14.2 Å². The zero-order valence-electron chi connectivity index (χ0n) is 10.4. The number of rotatable bonds is 6. The highest BCUT2D eigenvalue weighted by atomic mass is 16.7. The number of hydrogen-bond donors (Lipinski definition) is 0. The molecule has 0 spiro atoms. The molecule has 17 heavy (non-hydrogen) atoms. The van der Waals surface area contributed by atoms with Gasteiger partial charge in [0.05, 0.1) is 12.2 Å². The van der Waals surface area contributed by atoms with Gasteiger partial charge in [-0.15, -0.1) is 0 Å². The van der Waals surface area contributed by atoms with Gasteiger partial charge in [-0.2, -0.15) is 0 Å². The summed E-state index contributed by atoms with van der Waals surface area (Å²) in [7, 11) is 0. The second-order valence-electron chi connectivity index (χ2n) is 4.95. The largest absolute Gasteiger partial charge is 0.412 e. The van der Waals surface area contributed by atoms with E-state index in [1.165, 1.54) is 25.7 Å². The van der Waals surface area contributed by atoms with Gasteiger partial charge in [0.2, 0.25) is 6.29 Å². The summed E-state index contributed by atoms with van der Waals surface area (Å²) in [6, 6.07) is 0. The molecule has 2 aliphatic carbocycles. The van der Waals surface area contributed by atoms with Gasteiger partial charge in [-0.25, -0.2) is 0 Å². The molecule has 0 saturated heterocycles. The molecule has 2 aliphatic rings. The zero-order valence-corrected chi connectivity index (χ0v) is 10.4. The fourth-order valence-electron chi connectivity index (χ4n) is 2.69.